The Morgan fingerprint density at radius 2 is 1.79 bits per heavy atom. The van der Waals surface area contributed by atoms with Crippen LogP contribution in [0, 0.1) is 0 Å². The maximum atomic E-state index is 6.66. The summed E-state index contributed by atoms with van der Waals surface area (Å²) in [6, 6.07) is 23.8. The molecular weight excluding hydrogens is 416 g/mol. The number of anilines is 1. The van der Waals surface area contributed by atoms with Crippen LogP contribution in [0.1, 0.15) is 28.8 Å². The molecule has 3 heterocycles. The second-order valence-corrected chi connectivity index (χ2v) is 7.90. The van der Waals surface area contributed by atoms with Gasteiger partial charge in [-0.2, -0.15) is 10.1 Å². The van der Waals surface area contributed by atoms with Crippen molar-refractivity contribution in [1.82, 2.24) is 14.8 Å². The van der Waals surface area contributed by atoms with Crippen molar-refractivity contribution in [2.75, 3.05) is 19.5 Å². The van der Waals surface area contributed by atoms with Crippen molar-refractivity contribution in [3.05, 3.63) is 101 Å². The molecule has 2 aliphatic heterocycles. The molecule has 0 unspecified atom stereocenters. The van der Waals surface area contributed by atoms with Gasteiger partial charge in [0, 0.05) is 16.7 Å². The fraction of sp³-hybridized carbons (Fsp3) is 0.154. The summed E-state index contributed by atoms with van der Waals surface area (Å²) < 4.78 is 19.8. The van der Waals surface area contributed by atoms with Crippen molar-refractivity contribution in [2.45, 2.75) is 12.1 Å². The van der Waals surface area contributed by atoms with E-state index >= 15 is 0 Å². The standard InChI is InChI=1S/C26H22N4O3/c1-31-17-9-7-8-16(14-17)24-22-23(29-26-27-15-28-30(24)26)18-10-3-6-13-21(18)33-25(22)19-11-4-5-12-20(19)32-2/h3-15,24-25H,1-2H3,(H,27,28,29)/t24-,25+/m0/s1. The third kappa shape index (κ3) is 3.04. The first-order chi connectivity index (χ1) is 16.3. The molecule has 0 radical (unpaired) electrons. The quantitative estimate of drug-likeness (QED) is 0.491. The Kier molecular flexibility index (Phi) is 4.54. The minimum Gasteiger partial charge on any atom is -0.497 e. The van der Waals surface area contributed by atoms with E-state index in [9.17, 15) is 0 Å². The summed E-state index contributed by atoms with van der Waals surface area (Å²) in [5, 5.41) is 8.09. The summed E-state index contributed by atoms with van der Waals surface area (Å²) in [5.74, 6) is 3.03. The molecule has 1 N–H and O–H groups in total. The molecular formula is C26H22N4O3. The van der Waals surface area contributed by atoms with Gasteiger partial charge in [0.25, 0.3) is 0 Å². The molecule has 33 heavy (non-hydrogen) atoms. The maximum absolute atomic E-state index is 6.66. The van der Waals surface area contributed by atoms with E-state index in [0.29, 0.717) is 5.95 Å². The second-order valence-electron chi connectivity index (χ2n) is 7.90. The normalized spacial score (nSPS) is 18.4. The number of methoxy groups -OCH3 is 2. The lowest BCUT2D eigenvalue weighted by Gasteiger charge is -2.39. The molecule has 4 aromatic rings. The fourth-order valence-electron chi connectivity index (χ4n) is 4.69. The van der Waals surface area contributed by atoms with E-state index in [1.807, 2.05) is 65.3 Å². The number of rotatable bonds is 4. The van der Waals surface area contributed by atoms with E-state index in [2.05, 4.69) is 27.5 Å². The van der Waals surface area contributed by atoms with Crippen LogP contribution in [0.5, 0.6) is 17.2 Å². The highest BCUT2D eigenvalue weighted by Crippen LogP contribution is 2.51. The summed E-state index contributed by atoms with van der Waals surface area (Å²) >= 11 is 0. The van der Waals surface area contributed by atoms with Crippen LogP contribution in [0.15, 0.2) is 84.7 Å². The molecule has 3 aromatic carbocycles. The van der Waals surface area contributed by atoms with Gasteiger partial charge in [-0.05, 0) is 35.9 Å². The Bertz CT molecular complexity index is 1380. The molecule has 0 spiro atoms. The minimum atomic E-state index is -0.396. The maximum Gasteiger partial charge on any atom is 0.226 e. The number of ether oxygens (including phenoxy) is 3. The summed E-state index contributed by atoms with van der Waals surface area (Å²) in [4.78, 5) is 4.48. The molecule has 1 aromatic heterocycles. The predicted molar refractivity (Wildman–Crippen MR) is 125 cm³/mol. The highest BCUT2D eigenvalue weighted by Gasteiger charge is 2.41. The number of nitrogens with zero attached hydrogens (tertiary/aromatic N) is 3. The second kappa shape index (κ2) is 7.70. The van der Waals surface area contributed by atoms with Gasteiger partial charge >= 0.3 is 0 Å². The highest BCUT2D eigenvalue weighted by molar-refractivity contribution is 5.85. The van der Waals surface area contributed by atoms with Crippen molar-refractivity contribution in [2.24, 2.45) is 0 Å². The zero-order valence-corrected chi connectivity index (χ0v) is 18.2. The number of hydrogen-bond donors (Lipinski definition) is 1. The van der Waals surface area contributed by atoms with Crippen LogP contribution < -0.4 is 19.5 Å². The van der Waals surface area contributed by atoms with E-state index in [0.717, 1.165) is 45.2 Å². The Morgan fingerprint density at radius 1 is 0.939 bits per heavy atom. The number of benzene rings is 3. The molecule has 0 fully saturated rings. The Morgan fingerprint density at radius 3 is 2.67 bits per heavy atom. The Hall–Kier alpha value is -4.26. The number of nitrogens with one attached hydrogen (secondary N) is 1. The molecule has 2 aliphatic rings. The first-order valence-corrected chi connectivity index (χ1v) is 10.7. The number of hydrogen-bond acceptors (Lipinski definition) is 6. The molecule has 164 valence electrons. The van der Waals surface area contributed by atoms with Crippen molar-refractivity contribution < 1.29 is 14.2 Å². The van der Waals surface area contributed by atoms with Crippen molar-refractivity contribution in [1.29, 1.82) is 0 Å². The van der Waals surface area contributed by atoms with Crippen LogP contribution >= 0.6 is 0 Å². The van der Waals surface area contributed by atoms with Crippen LogP contribution in [-0.2, 0) is 0 Å². The third-order valence-electron chi connectivity index (χ3n) is 6.15. The Balaban J connectivity index is 1.64. The van der Waals surface area contributed by atoms with Gasteiger partial charge in [-0.25, -0.2) is 4.68 Å². The monoisotopic (exact) mass is 438 g/mol. The summed E-state index contributed by atoms with van der Waals surface area (Å²) in [5.41, 5.74) is 4.96. The lowest BCUT2D eigenvalue weighted by Crippen LogP contribution is -2.32. The lowest BCUT2D eigenvalue weighted by molar-refractivity contribution is 0.217. The van der Waals surface area contributed by atoms with Gasteiger partial charge in [-0.15, -0.1) is 0 Å². The minimum absolute atomic E-state index is 0.253. The molecule has 6 rings (SSSR count). The van der Waals surface area contributed by atoms with Crippen LogP contribution in [0.2, 0.25) is 0 Å². The predicted octanol–water partition coefficient (Wildman–Crippen LogP) is 4.86. The molecule has 2 atom stereocenters. The molecule has 0 saturated carbocycles. The lowest BCUT2D eigenvalue weighted by atomic mass is 9.84. The van der Waals surface area contributed by atoms with Gasteiger partial charge in [-0.3, -0.25) is 0 Å². The molecule has 0 saturated heterocycles. The number of para-hydroxylation sites is 2. The molecule has 0 aliphatic carbocycles. The first-order valence-electron chi connectivity index (χ1n) is 10.7. The number of fused-ring (bicyclic) bond motifs is 3. The van der Waals surface area contributed by atoms with Gasteiger partial charge in [0.15, 0.2) is 6.10 Å². The van der Waals surface area contributed by atoms with Crippen LogP contribution in [0.4, 0.5) is 5.95 Å². The van der Waals surface area contributed by atoms with Crippen LogP contribution in [0.3, 0.4) is 0 Å². The van der Waals surface area contributed by atoms with Crippen molar-refractivity contribution in [3.8, 4) is 17.2 Å². The summed E-state index contributed by atoms with van der Waals surface area (Å²) in [6.07, 6.45) is 1.17. The number of aromatic nitrogens is 3. The topological polar surface area (TPSA) is 70.4 Å². The van der Waals surface area contributed by atoms with Gasteiger partial charge in [0.2, 0.25) is 5.95 Å². The fourth-order valence-corrected chi connectivity index (χ4v) is 4.69. The van der Waals surface area contributed by atoms with Gasteiger partial charge < -0.3 is 19.5 Å². The van der Waals surface area contributed by atoms with Gasteiger partial charge in [0.1, 0.15) is 29.6 Å². The highest BCUT2D eigenvalue weighted by atomic mass is 16.5. The summed E-state index contributed by atoms with van der Waals surface area (Å²) in [7, 11) is 3.35. The average Bonchev–Trinajstić information content (AvgIpc) is 3.35. The molecule has 7 heteroatoms. The summed E-state index contributed by atoms with van der Waals surface area (Å²) in [6.45, 7) is 0. The molecule has 0 bridgehead atoms. The van der Waals surface area contributed by atoms with Gasteiger partial charge in [0.05, 0.1) is 19.9 Å². The smallest absolute Gasteiger partial charge is 0.226 e. The van der Waals surface area contributed by atoms with E-state index in [1.165, 1.54) is 0 Å². The Labute approximate surface area is 191 Å². The zero-order valence-electron chi connectivity index (χ0n) is 18.2. The molecule has 0 amide bonds. The van der Waals surface area contributed by atoms with Crippen molar-refractivity contribution >= 4 is 11.6 Å². The van der Waals surface area contributed by atoms with E-state index in [4.69, 9.17) is 14.2 Å². The van der Waals surface area contributed by atoms with E-state index < -0.39 is 6.10 Å². The van der Waals surface area contributed by atoms with E-state index in [-0.39, 0.29) is 6.04 Å². The van der Waals surface area contributed by atoms with E-state index in [1.54, 1.807) is 20.5 Å². The largest absolute Gasteiger partial charge is 0.497 e. The third-order valence-corrected chi connectivity index (χ3v) is 6.15. The van der Waals surface area contributed by atoms with Crippen LogP contribution in [0.25, 0.3) is 5.70 Å². The van der Waals surface area contributed by atoms with Gasteiger partial charge in [-0.1, -0.05) is 42.5 Å². The SMILES string of the molecule is COc1cccc([C@H]2C3=C(Nc4ncnn42)c2ccccc2O[C@@H]3c2ccccc2OC)c1. The zero-order chi connectivity index (χ0) is 22.4. The first kappa shape index (κ1) is 19.4. The van der Waals surface area contributed by atoms with Crippen LogP contribution in [-0.4, -0.2) is 29.0 Å². The molecule has 7 nitrogen and oxygen atoms in total. The van der Waals surface area contributed by atoms with Crippen molar-refractivity contribution in [3.63, 3.8) is 0 Å². The average molecular weight is 438 g/mol.